The molecule has 0 fully saturated rings. The fourth-order valence-electron chi connectivity index (χ4n) is 1.42. The number of carboxylic acids is 1. The minimum Gasteiger partial charge on any atom is -0.480 e. The van der Waals surface area contributed by atoms with Gasteiger partial charge in [0.05, 0.1) is 0 Å². The Labute approximate surface area is 90.0 Å². The van der Waals surface area contributed by atoms with Gasteiger partial charge in [-0.05, 0) is 19.8 Å². The van der Waals surface area contributed by atoms with E-state index in [2.05, 4.69) is 5.32 Å². The maximum Gasteiger partial charge on any atom is 0.320 e. The van der Waals surface area contributed by atoms with Crippen molar-refractivity contribution in [2.45, 2.75) is 45.7 Å². The second kappa shape index (κ2) is 5.11. The van der Waals surface area contributed by atoms with Gasteiger partial charge in [-0.3, -0.25) is 14.9 Å². The Morgan fingerprint density at radius 1 is 1.40 bits per heavy atom. The van der Waals surface area contributed by atoms with Crippen molar-refractivity contribution in [2.24, 2.45) is 11.7 Å². The molecule has 5 heteroatoms. The summed E-state index contributed by atoms with van der Waals surface area (Å²) in [5.74, 6) is -1.41. The summed E-state index contributed by atoms with van der Waals surface area (Å²) in [6.45, 7) is 7.14. The molecule has 0 aromatic heterocycles. The number of rotatable bonds is 6. The van der Waals surface area contributed by atoms with Gasteiger partial charge in [-0.1, -0.05) is 13.8 Å². The van der Waals surface area contributed by atoms with Crippen LogP contribution in [-0.2, 0) is 9.59 Å². The Kier molecular flexibility index (Phi) is 4.74. The van der Waals surface area contributed by atoms with Crippen molar-refractivity contribution >= 4 is 11.9 Å². The number of nitrogens with one attached hydrogen (secondary N) is 1. The van der Waals surface area contributed by atoms with Crippen LogP contribution in [0.1, 0.15) is 34.1 Å². The first-order valence-corrected chi connectivity index (χ1v) is 4.94. The van der Waals surface area contributed by atoms with E-state index in [0.717, 1.165) is 0 Å². The molecule has 0 heterocycles. The molecule has 0 spiro atoms. The van der Waals surface area contributed by atoms with E-state index in [4.69, 9.17) is 10.8 Å². The number of carbonyl (C=O) groups excluding carboxylic acids is 1. The third-order valence-electron chi connectivity index (χ3n) is 2.10. The number of hydrogen-bond donors (Lipinski definition) is 3. The lowest BCUT2D eigenvalue weighted by Gasteiger charge is -2.30. The van der Waals surface area contributed by atoms with Crippen LogP contribution in [0.5, 0.6) is 0 Å². The number of aliphatic carboxylic acids is 1. The van der Waals surface area contributed by atoms with Gasteiger partial charge < -0.3 is 10.8 Å². The minimum atomic E-state index is -0.914. The molecule has 0 saturated heterocycles. The van der Waals surface area contributed by atoms with Gasteiger partial charge in [-0.25, -0.2) is 0 Å². The molecule has 1 unspecified atom stereocenters. The van der Waals surface area contributed by atoms with E-state index in [1.807, 2.05) is 13.8 Å². The molecule has 0 aliphatic rings. The number of hydrogen-bond acceptors (Lipinski definition) is 3. The molecule has 4 N–H and O–H groups in total. The highest BCUT2D eigenvalue weighted by molar-refractivity contribution is 5.76. The van der Waals surface area contributed by atoms with Crippen LogP contribution in [0, 0.1) is 5.92 Å². The summed E-state index contributed by atoms with van der Waals surface area (Å²) in [5.41, 5.74) is 4.48. The van der Waals surface area contributed by atoms with Crippen LogP contribution in [0.4, 0.5) is 0 Å². The quantitative estimate of drug-likeness (QED) is 0.597. The van der Waals surface area contributed by atoms with Crippen molar-refractivity contribution in [3.8, 4) is 0 Å². The van der Waals surface area contributed by atoms with E-state index in [1.54, 1.807) is 13.8 Å². The SMILES string of the molecule is CC(C)C(NC(C)(C)CC(N)=O)C(=O)O. The van der Waals surface area contributed by atoms with E-state index < -0.39 is 23.5 Å². The van der Waals surface area contributed by atoms with Crippen LogP contribution in [-0.4, -0.2) is 28.6 Å². The lowest BCUT2D eigenvalue weighted by molar-refractivity contribution is -0.141. The highest BCUT2D eigenvalue weighted by Gasteiger charge is 2.29. The largest absolute Gasteiger partial charge is 0.480 e. The highest BCUT2D eigenvalue weighted by Crippen LogP contribution is 2.12. The summed E-state index contributed by atoms with van der Waals surface area (Å²) >= 11 is 0. The molecular weight excluding hydrogens is 196 g/mol. The number of carbonyl (C=O) groups is 2. The van der Waals surface area contributed by atoms with Gasteiger partial charge >= 0.3 is 5.97 Å². The van der Waals surface area contributed by atoms with Crippen LogP contribution >= 0.6 is 0 Å². The van der Waals surface area contributed by atoms with E-state index in [1.165, 1.54) is 0 Å². The second-order valence-corrected chi connectivity index (χ2v) is 4.73. The van der Waals surface area contributed by atoms with Gasteiger partial charge in [-0.2, -0.15) is 0 Å². The molecule has 88 valence electrons. The Morgan fingerprint density at radius 2 is 1.87 bits per heavy atom. The van der Waals surface area contributed by atoms with Gasteiger partial charge in [0.2, 0.25) is 5.91 Å². The Bertz CT molecular complexity index is 249. The van der Waals surface area contributed by atoms with E-state index in [0.29, 0.717) is 0 Å². The van der Waals surface area contributed by atoms with Gasteiger partial charge in [0.25, 0.3) is 0 Å². The Morgan fingerprint density at radius 3 is 2.13 bits per heavy atom. The number of primary amides is 1. The van der Waals surface area contributed by atoms with Crippen molar-refractivity contribution in [3.63, 3.8) is 0 Å². The fraction of sp³-hybridized carbons (Fsp3) is 0.800. The lowest BCUT2D eigenvalue weighted by Crippen LogP contribution is -2.53. The molecule has 15 heavy (non-hydrogen) atoms. The van der Waals surface area contributed by atoms with Crippen LogP contribution in [0.2, 0.25) is 0 Å². The average Bonchev–Trinajstić information content (AvgIpc) is 1.96. The maximum absolute atomic E-state index is 10.9. The Balaban J connectivity index is 4.52. The van der Waals surface area contributed by atoms with Crippen molar-refractivity contribution in [3.05, 3.63) is 0 Å². The van der Waals surface area contributed by atoms with Gasteiger partial charge in [0, 0.05) is 12.0 Å². The van der Waals surface area contributed by atoms with Crippen LogP contribution in [0.15, 0.2) is 0 Å². The number of nitrogens with two attached hydrogens (primary N) is 1. The molecule has 0 aliphatic carbocycles. The average molecular weight is 216 g/mol. The number of carboxylic acid groups (broad SMARTS) is 1. The first kappa shape index (κ1) is 13.9. The van der Waals surface area contributed by atoms with Gasteiger partial charge in [0.15, 0.2) is 0 Å². The highest BCUT2D eigenvalue weighted by atomic mass is 16.4. The molecule has 1 amide bonds. The maximum atomic E-state index is 10.9. The van der Waals surface area contributed by atoms with E-state index in [-0.39, 0.29) is 12.3 Å². The molecule has 0 aliphatic heterocycles. The molecule has 0 saturated carbocycles. The zero-order valence-corrected chi connectivity index (χ0v) is 9.70. The zero-order valence-electron chi connectivity index (χ0n) is 9.70. The first-order chi connectivity index (χ1) is 6.65. The standard InChI is InChI=1S/C10H20N2O3/c1-6(2)8(9(14)15)12-10(3,4)5-7(11)13/h6,8,12H,5H2,1-4H3,(H2,11,13)(H,14,15). The summed E-state index contributed by atoms with van der Waals surface area (Å²) in [6.07, 6.45) is 0.115. The molecule has 0 rings (SSSR count). The predicted octanol–water partition coefficient (Wildman–Crippen LogP) is 0.339. The third kappa shape index (κ3) is 5.37. The van der Waals surface area contributed by atoms with Gasteiger partial charge in [0.1, 0.15) is 6.04 Å². The predicted molar refractivity (Wildman–Crippen MR) is 57.3 cm³/mol. The van der Waals surface area contributed by atoms with Crippen LogP contribution < -0.4 is 11.1 Å². The number of amides is 1. The lowest BCUT2D eigenvalue weighted by atomic mass is 9.95. The normalized spacial score (nSPS) is 13.9. The van der Waals surface area contributed by atoms with Crippen LogP contribution in [0.25, 0.3) is 0 Å². The van der Waals surface area contributed by atoms with Crippen LogP contribution in [0.3, 0.4) is 0 Å². The van der Waals surface area contributed by atoms with E-state index in [9.17, 15) is 9.59 Å². The summed E-state index contributed by atoms with van der Waals surface area (Å²) in [6, 6.07) is -0.667. The summed E-state index contributed by atoms with van der Waals surface area (Å²) in [5, 5.41) is 11.9. The summed E-state index contributed by atoms with van der Waals surface area (Å²) in [4.78, 5) is 21.7. The molecular formula is C10H20N2O3. The molecule has 5 nitrogen and oxygen atoms in total. The van der Waals surface area contributed by atoms with Crippen molar-refractivity contribution in [1.29, 1.82) is 0 Å². The molecule has 0 radical (unpaired) electrons. The molecule has 0 aromatic carbocycles. The summed E-state index contributed by atoms with van der Waals surface area (Å²) in [7, 11) is 0. The molecule has 1 atom stereocenters. The Hall–Kier alpha value is -1.10. The minimum absolute atomic E-state index is 0.0466. The fourth-order valence-corrected chi connectivity index (χ4v) is 1.42. The summed E-state index contributed by atoms with van der Waals surface area (Å²) < 4.78 is 0. The van der Waals surface area contributed by atoms with Crippen molar-refractivity contribution < 1.29 is 14.7 Å². The molecule has 0 aromatic rings. The van der Waals surface area contributed by atoms with Crippen molar-refractivity contribution in [1.82, 2.24) is 5.32 Å². The first-order valence-electron chi connectivity index (χ1n) is 4.94. The topological polar surface area (TPSA) is 92.4 Å². The monoisotopic (exact) mass is 216 g/mol. The molecule has 0 bridgehead atoms. The van der Waals surface area contributed by atoms with Gasteiger partial charge in [-0.15, -0.1) is 0 Å². The smallest absolute Gasteiger partial charge is 0.320 e. The zero-order chi connectivity index (χ0) is 12.2. The van der Waals surface area contributed by atoms with Crippen molar-refractivity contribution in [2.75, 3.05) is 0 Å². The second-order valence-electron chi connectivity index (χ2n) is 4.73. The third-order valence-corrected chi connectivity index (χ3v) is 2.10. The van der Waals surface area contributed by atoms with E-state index >= 15 is 0 Å².